The average Bonchev–Trinajstić information content (AvgIpc) is 3.23. The molecule has 2 N–H and O–H groups in total. The molecule has 180 valence electrons. The zero-order valence-electron chi connectivity index (χ0n) is 19.0. The summed E-state index contributed by atoms with van der Waals surface area (Å²) in [7, 11) is 0. The number of anilines is 1. The van der Waals surface area contributed by atoms with E-state index in [4.69, 9.17) is 23.2 Å². The van der Waals surface area contributed by atoms with Crippen LogP contribution in [0.1, 0.15) is 22.5 Å². The molecule has 0 atom stereocenters. The van der Waals surface area contributed by atoms with Gasteiger partial charge in [0.25, 0.3) is 0 Å². The first-order chi connectivity index (χ1) is 16.8. The summed E-state index contributed by atoms with van der Waals surface area (Å²) in [5.41, 5.74) is 4.39. The smallest absolute Gasteiger partial charge is 0.319 e. The van der Waals surface area contributed by atoms with Crippen LogP contribution in [0, 0.1) is 19.7 Å². The van der Waals surface area contributed by atoms with Gasteiger partial charge in [-0.2, -0.15) is 0 Å². The lowest BCUT2D eigenvalue weighted by Gasteiger charge is -2.14. The first kappa shape index (κ1) is 25.0. The molecule has 3 aromatic carbocycles. The van der Waals surface area contributed by atoms with E-state index in [1.165, 1.54) is 23.9 Å². The fourth-order valence-electron chi connectivity index (χ4n) is 3.35. The molecule has 0 fully saturated rings. The van der Waals surface area contributed by atoms with Gasteiger partial charge in [0.2, 0.25) is 0 Å². The van der Waals surface area contributed by atoms with Crippen molar-refractivity contribution in [2.45, 2.75) is 31.3 Å². The summed E-state index contributed by atoms with van der Waals surface area (Å²) in [6.45, 7) is 4.05. The summed E-state index contributed by atoms with van der Waals surface area (Å²) in [5.74, 6) is 0.749. The lowest BCUT2D eigenvalue weighted by Crippen LogP contribution is -2.29. The van der Waals surface area contributed by atoms with Crippen molar-refractivity contribution in [2.24, 2.45) is 0 Å². The predicted octanol–water partition coefficient (Wildman–Crippen LogP) is 6.94. The standard InChI is InChI=1S/C25H22Cl2FN5OS/c1-15-4-3-5-21(16(15)2)30-24(34)29-13-23-31-32-25(35-14-17-6-9-19(28)10-7-17)33(23)22-11-8-18(26)12-20(22)27/h3-12H,13-14H2,1-2H3,(H2,29,30,34). The first-order valence-corrected chi connectivity index (χ1v) is 12.4. The molecule has 4 aromatic rings. The number of carbonyl (C=O) groups excluding carboxylic acids is 1. The number of aromatic nitrogens is 3. The highest BCUT2D eigenvalue weighted by Crippen LogP contribution is 2.31. The molecule has 0 saturated heterocycles. The van der Waals surface area contributed by atoms with Crippen LogP contribution in [0.2, 0.25) is 10.0 Å². The molecule has 0 aliphatic rings. The highest BCUT2D eigenvalue weighted by Gasteiger charge is 2.18. The monoisotopic (exact) mass is 529 g/mol. The number of hydrogen-bond donors (Lipinski definition) is 2. The predicted molar refractivity (Wildman–Crippen MR) is 139 cm³/mol. The summed E-state index contributed by atoms with van der Waals surface area (Å²) in [5, 5.41) is 15.8. The fraction of sp³-hybridized carbons (Fsp3) is 0.160. The Labute approximate surface area is 216 Å². The number of nitrogens with zero attached hydrogens (tertiary/aromatic N) is 3. The number of aryl methyl sites for hydroxylation is 1. The number of benzene rings is 3. The maximum atomic E-state index is 13.2. The van der Waals surface area contributed by atoms with Crippen molar-refractivity contribution < 1.29 is 9.18 Å². The molecule has 2 amide bonds. The molecule has 0 unspecified atom stereocenters. The SMILES string of the molecule is Cc1cccc(NC(=O)NCc2nnc(SCc3ccc(F)cc3)n2-c2ccc(Cl)cc2Cl)c1C. The molecule has 0 aliphatic heterocycles. The number of urea groups is 1. The average molecular weight is 530 g/mol. The summed E-state index contributed by atoms with van der Waals surface area (Å²) in [6, 6.07) is 16.8. The van der Waals surface area contributed by atoms with Gasteiger partial charge in [0.15, 0.2) is 11.0 Å². The first-order valence-electron chi connectivity index (χ1n) is 10.7. The van der Waals surface area contributed by atoms with E-state index in [0.29, 0.717) is 32.5 Å². The summed E-state index contributed by atoms with van der Waals surface area (Å²) in [6.07, 6.45) is 0. The maximum absolute atomic E-state index is 13.2. The third-order valence-electron chi connectivity index (χ3n) is 5.39. The van der Waals surface area contributed by atoms with Crippen molar-refractivity contribution in [3.8, 4) is 5.69 Å². The van der Waals surface area contributed by atoms with Crippen LogP contribution < -0.4 is 10.6 Å². The van der Waals surface area contributed by atoms with Gasteiger partial charge < -0.3 is 10.6 Å². The molecule has 1 heterocycles. The van der Waals surface area contributed by atoms with Gasteiger partial charge in [0.05, 0.1) is 17.3 Å². The zero-order chi connectivity index (χ0) is 24.9. The second kappa shape index (κ2) is 11.1. The van der Waals surface area contributed by atoms with E-state index < -0.39 is 0 Å². The number of carbonyl (C=O) groups is 1. The van der Waals surface area contributed by atoms with E-state index in [-0.39, 0.29) is 18.4 Å². The second-order valence-electron chi connectivity index (χ2n) is 7.80. The number of halogens is 3. The highest BCUT2D eigenvalue weighted by atomic mass is 35.5. The Bertz CT molecular complexity index is 1360. The van der Waals surface area contributed by atoms with Gasteiger partial charge in [-0.05, 0) is 66.9 Å². The van der Waals surface area contributed by atoms with Crippen LogP contribution in [0.5, 0.6) is 0 Å². The van der Waals surface area contributed by atoms with Crippen LogP contribution in [-0.4, -0.2) is 20.8 Å². The van der Waals surface area contributed by atoms with E-state index in [9.17, 15) is 9.18 Å². The minimum atomic E-state index is -0.365. The van der Waals surface area contributed by atoms with Crippen LogP contribution in [0.25, 0.3) is 5.69 Å². The molecule has 6 nitrogen and oxygen atoms in total. The van der Waals surface area contributed by atoms with Gasteiger partial charge in [0, 0.05) is 16.5 Å². The maximum Gasteiger partial charge on any atom is 0.319 e. The Balaban J connectivity index is 1.55. The van der Waals surface area contributed by atoms with Crippen LogP contribution >= 0.6 is 35.0 Å². The van der Waals surface area contributed by atoms with Crippen molar-refractivity contribution >= 4 is 46.7 Å². The Hall–Kier alpha value is -3.07. The van der Waals surface area contributed by atoms with E-state index >= 15 is 0 Å². The van der Waals surface area contributed by atoms with Gasteiger partial charge in [0.1, 0.15) is 5.82 Å². The third-order valence-corrected chi connectivity index (χ3v) is 6.93. The lowest BCUT2D eigenvalue weighted by molar-refractivity contribution is 0.251. The van der Waals surface area contributed by atoms with Crippen LogP contribution in [0.3, 0.4) is 0 Å². The van der Waals surface area contributed by atoms with Gasteiger partial charge in [-0.3, -0.25) is 4.57 Å². The molecule has 4 rings (SSSR count). The third kappa shape index (κ3) is 6.14. The number of hydrogen-bond acceptors (Lipinski definition) is 4. The van der Waals surface area contributed by atoms with Crippen molar-refractivity contribution in [3.63, 3.8) is 0 Å². The minimum absolute atomic E-state index is 0.111. The second-order valence-corrected chi connectivity index (χ2v) is 9.59. The normalized spacial score (nSPS) is 10.9. The van der Waals surface area contributed by atoms with Crippen LogP contribution in [-0.2, 0) is 12.3 Å². The lowest BCUT2D eigenvalue weighted by atomic mass is 10.1. The summed E-state index contributed by atoms with van der Waals surface area (Å²) < 4.78 is 15.0. The quantitative estimate of drug-likeness (QED) is 0.254. The largest absolute Gasteiger partial charge is 0.331 e. The number of rotatable bonds is 7. The summed E-state index contributed by atoms with van der Waals surface area (Å²) >= 11 is 14.0. The Morgan fingerprint density at radius 2 is 1.83 bits per heavy atom. The van der Waals surface area contributed by atoms with E-state index in [1.54, 1.807) is 34.9 Å². The Morgan fingerprint density at radius 1 is 1.06 bits per heavy atom. The van der Waals surface area contributed by atoms with Crippen LogP contribution in [0.15, 0.2) is 65.8 Å². The molecule has 0 bridgehead atoms. The van der Waals surface area contributed by atoms with Crippen LogP contribution in [0.4, 0.5) is 14.9 Å². The van der Waals surface area contributed by atoms with Crippen molar-refractivity contribution in [1.29, 1.82) is 0 Å². The zero-order valence-corrected chi connectivity index (χ0v) is 21.3. The molecule has 0 aliphatic carbocycles. The number of thioether (sulfide) groups is 1. The molecular weight excluding hydrogens is 508 g/mol. The minimum Gasteiger partial charge on any atom is -0.331 e. The Morgan fingerprint density at radius 3 is 2.57 bits per heavy atom. The molecule has 0 radical (unpaired) electrons. The van der Waals surface area contributed by atoms with Gasteiger partial charge in [-0.25, -0.2) is 9.18 Å². The highest BCUT2D eigenvalue weighted by molar-refractivity contribution is 7.98. The molecule has 1 aromatic heterocycles. The molecule has 0 spiro atoms. The van der Waals surface area contributed by atoms with E-state index in [1.807, 2.05) is 32.0 Å². The van der Waals surface area contributed by atoms with Gasteiger partial charge in [-0.15, -0.1) is 10.2 Å². The van der Waals surface area contributed by atoms with Gasteiger partial charge >= 0.3 is 6.03 Å². The van der Waals surface area contributed by atoms with Crippen molar-refractivity contribution in [2.75, 3.05) is 5.32 Å². The fourth-order valence-corrected chi connectivity index (χ4v) is 4.77. The number of nitrogens with one attached hydrogen (secondary N) is 2. The Kier molecular flexibility index (Phi) is 7.95. The molecular formula is C25H22Cl2FN5OS. The topological polar surface area (TPSA) is 71.8 Å². The van der Waals surface area contributed by atoms with Gasteiger partial charge in [-0.1, -0.05) is 59.2 Å². The molecule has 35 heavy (non-hydrogen) atoms. The molecule has 0 saturated carbocycles. The van der Waals surface area contributed by atoms with E-state index in [2.05, 4.69) is 20.8 Å². The summed E-state index contributed by atoms with van der Waals surface area (Å²) in [4.78, 5) is 12.6. The number of amides is 2. The van der Waals surface area contributed by atoms with Crippen molar-refractivity contribution in [3.05, 3.63) is 99.0 Å². The molecule has 10 heteroatoms. The van der Waals surface area contributed by atoms with Crippen molar-refractivity contribution in [1.82, 2.24) is 20.1 Å². The van der Waals surface area contributed by atoms with E-state index in [0.717, 1.165) is 22.4 Å².